The van der Waals surface area contributed by atoms with Crippen molar-refractivity contribution in [3.05, 3.63) is 75.4 Å². The number of pyridine rings is 1. The molecule has 1 atom stereocenters. The van der Waals surface area contributed by atoms with Gasteiger partial charge in [0.2, 0.25) is 15.9 Å². The van der Waals surface area contributed by atoms with E-state index >= 15 is 0 Å². The van der Waals surface area contributed by atoms with Crippen LogP contribution in [0, 0.1) is 0 Å². The summed E-state index contributed by atoms with van der Waals surface area (Å²) in [6, 6.07) is 13.0. The molecule has 1 aliphatic rings. The number of hydrogen-bond donors (Lipinski definition) is 2. The standard InChI is InChI=1S/C23H20BrClN2O6S/c24-19-11-16(12-26-23(19)33-15-5-1-4-14(25)10-15)34(30,31)27-20-8-2-7-18-17(20)6-3-9-21(18)32-13-22(28)29/h1,3-6,9-12,20,27H,2,7-8,13H2,(H,28,29). The zero-order chi connectivity index (χ0) is 24.3. The lowest BCUT2D eigenvalue weighted by Crippen LogP contribution is -2.31. The molecule has 0 saturated carbocycles. The highest BCUT2D eigenvalue weighted by molar-refractivity contribution is 9.10. The Balaban J connectivity index is 1.54. The number of aliphatic carboxylic acids is 1. The van der Waals surface area contributed by atoms with Crippen LogP contribution in [0.2, 0.25) is 5.02 Å². The van der Waals surface area contributed by atoms with E-state index in [9.17, 15) is 13.2 Å². The van der Waals surface area contributed by atoms with Crippen LogP contribution in [0.5, 0.6) is 17.4 Å². The van der Waals surface area contributed by atoms with E-state index in [0.29, 0.717) is 33.8 Å². The van der Waals surface area contributed by atoms with Crippen LogP contribution < -0.4 is 14.2 Å². The van der Waals surface area contributed by atoms with E-state index in [4.69, 9.17) is 26.2 Å². The van der Waals surface area contributed by atoms with Crippen molar-refractivity contribution in [2.75, 3.05) is 6.61 Å². The maximum atomic E-state index is 13.1. The summed E-state index contributed by atoms with van der Waals surface area (Å²) in [7, 11) is -3.91. The minimum Gasteiger partial charge on any atom is -0.482 e. The number of carboxylic acid groups (broad SMARTS) is 1. The van der Waals surface area contributed by atoms with Gasteiger partial charge in [-0.25, -0.2) is 22.9 Å². The summed E-state index contributed by atoms with van der Waals surface area (Å²) < 4.78 is 40.5. The summed E-state index contributed by atoms with van der Waals surface area (Å²) in [6.45, 7) is -0.462. The average Bonchev–Trinajstić information content (AvgIpc) is 2.79. The van der Waals surface area contributed by atoms with Crippen molar-refractivity contribution in [3.63, 3.8) is 0 Å². The quantitative estimate of drug-likeness (QED) is 0.389. The number of halogens is 2. The number of fused-ring (bicyclic) bond motifs is 1. The van der Waals surface area contributed by atoms with E-state index in [0.717, 1.165) is 17.5 Å². The molecule has 0 spiro atoms. The lowest BCUT2D eigenvalue weighted by molar-refractivity contribution is -0.139. The first-order valence-corrected chi connectivity index (χ1v) is 13.0. The van der Waals surface area contributed by atoms with Gasteiger partial charge in [-0.05, 0) is 76.7 Å². The third-order valence-electron chi connectivity index (χ3n) is 5.22. The molecule has 0 fully saturated rings. The SMILES string of the molecule is O=C(O)COc1cccc2c1CCCC2NS(=O)(=O)c1cnc(Oc2cccc(Cl)c2)c(Br)c1. The van der Waals surface area contributed by atoms with Crippen LogP contribution in [0.15, 0.2) is 64.1 Å². The maximum Gasteiger partial charge on any atom is 0.341 e. The number of rotatable bonds is 8. The van der Waals surface area contributed by atoms with E-state index in [1.807, 2.05) is 6.07 Å². The van der Waals surface area contributed by atoms with Crippen LogP contribution in [0.25, 0.3) is 0 Å². The Hall–Kier alpha value is -2.66. The fourth-order valence-electron chi connectivity index (χ4n) is 3.74. The number of carbonyl (C=O) groups is 1. The molecule has 0 radical (unpaired) electrons. The molecule has 1 aliphatic carbocycles. The monoisotopic (exact) mass is 566 g/mol. The minimum absolute atomic E-state index is 0.0248. The van der Waals surface area contributed by atoms with Gasteiger partial charge in [-0.1, -0.05) is 29.8 Å². The highest BCUT2D eigenvalue weighted by Crippen LogP contribution is 2.37. The number of aromatic nitrogens is 1. The van der Waals surface area contributed by atoms with Crippen LogP contribution in [0.3, 0.4) is 0 Å². The Bertz CT molecular complexity index is 1330. The van der Waals surface area contributed by atoms with E-state index in [2.05, 4.69) is 25.6 Å². The Labute approximate surface area is 210 Å². The number of sulfonamides is 1. The van der Waals surface area contributed by atoms with Crippen molar-refractivity contribution in [2.24, 2.45) is 0 Å². The van der Waals surface area contributed by atoms with Gasteiger partial charge >= 0.3 is 5.97 Å². The van der Waals surface area contributed by atoms with E-state index in [-0.39, 0.29) is 10.8 Å². The highest BCUT2D eigenvalue weighted by atomic mass is 79.9. The smallest absolute Gasteiger partial charge is 0.341 e. The number of ether oxygens (including phenoxy) is 2. The Kier molecular flexibility index (Phi) is 7.42. The van der Waals surface area contributed by atoms with Gasteiger partial charge in [0.15, 0.2) is 6.61 Å². The van der Waals surface area contributed by atoms with Gasteiger partial charge in [0, 0.05) is 11.1 Å². The van der Waals surface area contributed by atoms with Gasteiger partial charge in [0.1, 0.15) is 16.4 Å². The largest absolute Gasteiger partial charge is 0.482 e. The van der Waals surface area contributed by atoms with Gasteiger partial charge in [0.25, 0.3) is 0 Å². The van der Waals surface area contributed by atoms with Crippen molar-refractivity contribution < 1.29 is 27.8 Å². The number of nitrogens with one attached hydrogen (secondary N) is 1. The summed E-state index contributed by atoms with van der Waals surface area (Å²) in [6.07, 6.45) is 3.22. The van der Waals surface area contributed by atoms with Crippen LogP contribution >= 0.6 is 27.5 Å². The van der Waals surface area contributed by atoms with Gasteiger partial charge in [0.05, 0.1) is 10.7 Å². The molecule has 2 N–H and O–H groups in total. The molecule has 0 bridgehead atoms. The Morgan fingerprint density at radius 2 is 2.03 bits per heavy atom. The molecule has 2 aromatic carbocycles. The molecular weight excluding hydrogens is 548 g/mol. The van der Waals surface area contributed by atoms with Crippen LogP contribution in [-0.4, -0.2) is 31.1 Å². The molecule has 178 valence electrons. The number of carboxylic acids is 1. The predicted molar refractivity (Wildman–Crippen MR) is 129 cm³/mol. The number of hydrogen-bond acceptors (Lipinski definition) is 6. The van der Waals surface area contributed by atoms with Gasteiger partial charge in [-0.3, -0.25) is 0 Å². The van der Waals surface area contributed by atoms with E-state index < -0.39 is 28.6 Å². The maximum absolute atomic E-state index is 13.1. The summed E-state index contributed by atoms with van der Waals surface area (Å²) in [5.74, 6) is 0.0425. The molecule has 1 aromatic heterocycles. The third-order valence-corrected chi connectivity index (χ3v) is 7.46. The summed E-state index contributed by atoms with van der Waals surface area (Å²) >= 11 is 9.30. The molecular formula is C23H20BrClN2O6S. The Morgan fingerprint density at radius 3 is 2.76 bits per heavy atom. The zero-order valence-corrected chi connectivity index (χ0v) is 20.9. The molecule has 3 aromatic rings. The number of nitrogens with zero attached hydrogens (tertiary/aromatic N) is 1. The predicted octanol–water partition coefficient (Wildman–Crippen LogP) is 5.11. The summed E-state index contributed by atoms with van der Waals surface area (Å²) in [5, 5.41) is 9.41. The van der Waals surface area contributed by atoms with E-state index in [1.54, 1.807) is 36.4 Å². The van der Waals surface area contributed by atoms with Crippen molar-refractivity contribution in [3.8, 4) is 17.4 Å². The second-order valence-electron chi connectivity index (χ2n) is 7.59. The summed E-state index contributed by atoms with van der Waals surface area (Å²) in [4.78, 5) is 15.0. The normalized spacial score (nSPS) is 15.4. The molecule has 8 nitrogen and oxygen atoms in total. The zero-order valence-electron chi connectivity index (χ0n) is 17.7. The van der Waals surface area contributed by atoms with Crippen molar-refractivity contribution >= 4 is 43.5 Å². The van der Waals surface area contributed by atoms with Crippen LogP contribution in [-0.2, 0) is 21.2 Å². The molecule has 4 rings (SSSR count). The molecule has 1 heterocycles. The third kappa shape index (κ3) is 5.69. The van der Waals surface area contributed by atoms with Gasteiger partial charge in [-0.2, -0.15) is 0 Å². The minimum atomic E-state index is -3.91. The highest BCUT2D eigenvalue weighted by Gasteiger charge is 2.28. The van der Waals surface area contributed by atoms with Crippen molar-refractivity contribution in [1.29, 1.82) is 0 Å². The molecule has 11 heteroatoms. The lowest BCUT2D eigenvalue weighted by atomic mass is 9.87. The van der Waals surface area contributed by atoms with Crippen molar-refractivity contribution in [2.45, 2.75) is 30.2 Å². The second kappa shape index (κ2) is 10.3. The van der Waals surface area contributed by atoms with E-state index in [1.165, 1.54) is 12.3 Å². The van der Waals surface area contributed by atoms with Crippen LogP contribution in [0.4, 0.5) is 0 Å². The fraction of sp³-hybridized carbons (Fsp3) is 0.217. The second-order valence-corrected chi connectivity index (χ2v) is 10.6. The number of benzene rings is 2. The van der Waals surface area contributed by atoms with Crippen LogP contribution in [0.1, 0.15) is 30.0 Å². The average molecular weight is 568 g/mol. The van der Waals surface area contributed by atoms with Crippen molar-refractivity contribution in [1.82, 2.24) is 9.71 Å². The Morgan fingerprint density at radius 1 is 1.24 bits per heavy atom. The first kappa shape index (κ1) is 24.5. The fourth-order valence-corrected chi connectivity index (χ4v) is 5.72. The molecule has 0 amide bonds. The topological polar surface area (TPSA) is 115 Å². The first-order valence-electron chi connectivity index (χ1n) is 10.3. The molecule has 0 aliphatic heterocycles. The molecule has 1 unspecified atom stereocenters. The van der Waals surface area contributed by atoms with Gasteiger partial charge < -0.3 is 14.6 Å². The first-order chi connectivity index (χ1) is 16.2. The summed E-state index contributed by atoms with van der Waals surface area (Å²) in [5.41, 5.74) is 1.58. The lowest BCUT2D eigenvalue weighted by Gasteiger charge is -2.27. The van der Waals surface area contributed by atoms with Gasteiger partial charge in [-0.15, -0.1) is 0 Å². The molecule has 34 heavy (non-hydrogen) atoms. The molecule has 0 saturated heterocycles.